The number of hydrogen-bond acceptors (Lipinski definition) is 2. The van der Waals surface area contributed by atoms with Crippen LogP contribution in [0.15, 0.2) is 18.2 Å². The highest BCUT2D eigenvalue weighted by Gasteiger charge is 2.16. The lowest BCUT2D eigenvalue weighted by atomic mass is 10.0. The SMILES string of the molecule is CCC(C)C(O)CNC(=O)Cc1c(F)cccc1F. The molecule has 0 saturated heterocycles. The second-order valence-corrected chi connectivity index (χ2v) is 4.63. The van der Waals surface area contributed by atoms with E-state index in [9.17, 15) is 18.7 Å². The molecule has 2 atom stereocenters. The largest absolute Gasteiger partial charge is 0.391 e. The number of benzene rings is 1. The molecule has 2 N–H and O–H groups in total. The van der Waals surface area contributed by atoms with Crippen LogP contribution in [0.4, 0.5) is 8.78 Å². The lowest BCUT2D eigenvalue weighted by Crippen LogP contribution is -2.36. The van der Waals surface area contributed by atoms with Crippen LogP contribution in [0.25, 0.3) is 0 Å². The molecule has 5 heteroatoms. The fraction of sp³-hybridized carbons (Fsp3) is 0.500. The Labute approximate surface area is 111 Å². The molecule has 1 aromatic carbocycles. The van der Waals surface area contributed by atoms with Gasteiger partial charge in [0, 0.05) is 12.1 Å². The first-order valence-corrected chi connectivity index (χ1v) is 6.33. The van der Waals surface area contributed by atoms with Crippen molar-refractivity contribution in [3.05, 3.63) is 35.4 Å². The minimum atomic E-state index is -0.738. The number of amides is 1. The van der Waals surface area contributed by atoms with Crippen molar-refractivity contribution in [2.45, 2.75) is 32.8 Å². The maximum Gasteiger partial charge on any atom is 0.224 e. The topological polar surface area (TPSA) is 49.3 Å². The molecule has 2 unspecified atom stereocenters. The van der Waals surface area contributed by atoms with Crippen LogP contribution < -0.4 is 5.32 Å². The Morgan fingerprint density at radius 2 is 1.95 bits per heavy atom. The normalized spacial score (nSPS) is 13.9. The average Bonchev–Trinajstić information content (AvgIpc) is 2.39. The van der Waals surface area contributed by atoms with E-state index in [0.717, 1.165) is 18.6 Å². The second kappa shape index (κ2) is 7.19. The van der Waals surface area contributed by atoms with E-state index in [4.69, 9.17) is 0 Å². The molecule has 1 aromatic rings. The Morgan fingerprint density at radius 3 is 2.47 bits per heavy atom. The van der Waals surface area contributed by atoms with Gasteiger partial charge in [-0.3, -0.25) is 4.79 Å². The third-order valence-corrected chi connectivity index (χ3v) is 3.21. The van der Waals surface area contributed by atoms with Gasteiger partial charge in [0.1, 0.15) is 11.6 Å². The first kappa shape index (κ1) is 15.6. The van der Waals surface area contributed by atoms with Crippen molar-refractivity contribution >= 4 is 5.91 Å². The lowest BCUT2D eigenvalue weighted by Gasteiger charge is -2.17. The van der Waals surface area contributed by atoms with Crippen molar-refractivity contribution in [2.75, 3.05) is 6.54 Å². The van der Waals surface area contributed by atoms with Gasteiger partial charge in [0.05, 0.1) is 12.5 Å². The van der Waals surface area contributed by atoms with E-state index in [2.05, 4.69) is 5.32 Å². The van der Waals surface area contributed by atoms with Crippen LogP contribution in [0.3, 0.4) is 0 Å². The minimum Gasteiger partial charge on any atom is -0.391 e. The summed E-state index contributed by atoms with van der Waals surface area (Å²) >= 11 is 0. The van der Waals surface area contributed by atoms with Crippen molar-refractivity contribution in [2.24, 2.45) is 5.92 Å². The van der Waals surface area contributed by atoms with Crippen molar-refractivity contribution in [1.82, 2.24) is 5.32 Å². The summed E-state index contributed by atoms with van der Waals surface area (Å²) in [4.78, 5) is 11.6. The van der Waals surface area contributed by atoms with Gasteiger partial charge in [-0.25, -0.2) is 8.78 Å². The van der Waals surface area contributed by atoms with E-state index in [0.29, 0.717) is 0 Å². The van der Waals surface area contributed by atoms with E-state index >= 15 is 0 Å². The molecule has 0 aromatic heterocycles. The van der Waals surface area contributed by atoms with Gasteiger partial charge < -0.3 is 10.4 Å². The van der Waals surface area contributed by atoms with E-state index in [-0.39, 0.29) is 24.4 Å². The number of carbonyl (C=O) groups excluding carboxylic acids is 1. The molecule has 0 bridgehead atoms. The highest BCUT2D eigenvalue weighted by atomic mass is 19.1. The van der Waals surface area contributed by atoms with Gasteiger partial charge in [0.2, 0.25) is 5.91 Å². The first-order valence-electron chi connectivity index (χ1n) is 6.33. The van der Waals surface area contributed by atoms with Crippen LogP contribution in [-0.2, 0) is 11.2 Å². The molecule has 106 valence electrons. The maximum atomic E-state index is 13.3. The number of nitrogens with one attached hydrogen (secondary N) is 1. The first-order chi connectivity index (χ1) is 8.95. The van der Waals surface area contributed by atoms with Crippen LogP contribution in [0.5, 0.6) is 0 Å². The van der Waals surface area contributed by atoms with Gasteiger partial charge in [0.25, 0.3) is 0 Å². The molecule has 0 aliphatic carbocycles. The van der Waals surface area contributed by atoms with Crippen molar-refractivity contribution in [3.8, 4) is 0 Å². The molecule has 0 saturated carbocycles. The molecule has 0 fully saturated rings. The molecular weight excluding hydrogens is 252 g/mol. The third-order valence-electron chi connectivity index (χ3n) is 3.21. The van der Waals surface area contributed by atoms with E-state index in [1.165, 1.54) is 6.07 Å². The zero-order valence-electron chi connectivity index (χ0n) is 11.1. The van der Waals surface area contributed by atoms with Gasteiger partial charge in [-0.15, -0.1) is 0 Å². The fourth-order valence-corrected chi connectivity index (χ4v) is 1.62. The van der Waals surface area contributed by atoms with Crippen LogP contribution in [0, 0.1) is 17.6 Å². The third kappa shape index (κ3) is 4.59. The summed E-state index contributed by atoms with van der Waals surface area (Å²) in [6.45, 7) is 3.89. The summed E-state index contributed by atoms with van der Waals surface area (Å²) in [6.07, 6.45) is -0.232. The van der Waals surface area contributed by atoms with Gasteiger partial charge in [-0.1, -0.05) is 26.3 Å². The Hall–Kier alpha value is -1.49. The van der Waals surface area contributed by atoms with Crippen LogP contribution in [0.2, 0.25) is 0 Å². The summed E-state index contributed by atoms with van der Waals surface area (Å²) in [5, 5.41) is 12.2. The summed E-state index contributed by atoms with van der Waals surface area (Å²) in [5.41, 5.74) is -0.252. The highest BCUT2D eigenvalue weighted by Crippen LogP contribution is 2.12. The van der Waals surface area contributed by atoms with Crippen LogP contribution in [-0.4, -0.2) is 23.7 Å². The lowest BCUT2D eigenvalue weighted by molar-refractivity contribution is -0.121. The summed E-state index contributed by atoms with van der Waals surface area (Å²) in [7, 11) is 0. The number of aliphatic hydroxyl groups excluding tert-OH is 1. The molecule has 0 aliphatic heterocycles. The fourth-order valence-electron chi connectivity index (χ4n) is 1.62. The van der Waals surface area contributed by atoms with Gasteiger partial charge in [0.15, 0.2) is 0 Å². The number of halogens is 2. The smallest absolute Gasteiger partial charge is 0.224 e. The predicted octanol–water partition coefficient (Wildman–Crippen LogP) is 2.03. The number of aliphatic hydroxyl groups is 1. The van der Waals surface area contributed by atoms with Crippen molar-refractivity contribution < 1.29 is 18.7 Å². The van der Waals surface area contributed by atoms with Gasteiger partial charge >= 0.3 is 0 Å². The van der Waals surface area contributed by atoms with Gasteiger partial charge in [-0.05, 0) is 18.1 Å². The zero-order chi connectivity index (χ0) is 14.4. The van der Waals surface area contributed by atoms with Crippen molar-refractivity contribution in [1.29, 1.82) is 0 Å². The summed E-state index contributed by atoms with van der Waals surface area (Å²) in [6, 6.07) is 3.47. The Bertz CT molecular complexity index is 417. The molecule has 0 heterocycles. The van der Waals surface area contributed by atoms with Crippen LogP contribution >= 0.6 is 0 Å². The molecule has 0 radical (unpaired) electrons. The second-order valence-electron chi connectivity index (χ2n) is 4.63. The summed E-state index contributed by atoms with van der Waals surface area (Å²) in [5.74, 6) is -1.92. The predicted molar refractivity (Wildman–Crippen MR) is 68.5 cm³/mol. The molecule has 1 amide bonds. The Balaban J connectivity index is 2.52. The zero-order valence-corrected chi connectivity index (χ0v) is 11.1. The average molecular weight is 271 g/mol. The molecule has 0 aliphatic rings. The number of hydrogen-bond donors (Lipinski definition) is 2. The molecular formula is C14H19F2NO2. The summed E-state index contributed by atoms with van der Waals surface area (Å²) < 4.78 is 26.6. The van der Waals surface area contributed by atoms with Crippen LogP contribution in [0.1, 0.15) is 25.8 Å². The molecule has 1 rings (SSSR count). The van der Waals surface area contributed by atoms with Gasteiger partial charge in [-0.2, -0.15) is 0 Å². The standard InChI is InChI=1S/C14H19F2NO2/c1-3-9(2)13(18)8-17-14(19)7-10-11(15)5-4-6-12(10)16/h4-6,9,13,18H,3,7-8H2,1-2H3,(H,17,19). The minimum absolute atomic E-state index is 0.0606. The monoisotopic (exact) mass is 271 g/mol. The Morgan fingerprint density at radius 1 is 1.37 bits per heavy atom. The van der Waals surface area contributed by atoms with E-state index in [1.807, 2.05) is 13.8 Å². The number of carbonyl (C=O) groups is 1. The van der Waals surface area contributed by atoms with E-state index < -0.39 is 23.6 Å². The number of rotatable bonds is 6. The molecule has 3 nitrogen and oxygen atoms in total. The van der Waals surface area contributed by atoms with Crippen molar-refractivity contribution in [3.63, 3.8) is 0 Å². The Kier molecular flexibility index (Phi) is 5.89. The highest BCUT2D eigenvalue weighted by molar-refractivity contribution is 5.78. The quantitative estimate of drug-likeness (QED) is 0.831. The maximum absolute atomic E-state index is 13.3. The van der Waals surface area contributed by atoms with E-state index in [1.54, 1.807) is 0 Å². The molecule has 0 spiro atoms. The molecule has 19 heavy (non-hydrogen) atoms.